The third kappa shape index (κ3) is 3.75. The monoisotopic (exact) mass is 181 g/mol. The lowest BCUT2D eigenvalue weighted by Gasteiger charge is -2.22. The minimum Gasteiger partial charge on any atom is -0.304 e. The second-order valence-electron chi connectivity index (χ2n) is 3.77. The summed E-state index contributed by atoms with van der Waals surface area (Å²) in [4.78, 5) is 2.36. The van der Waals surface area contributed by atoms with Gasteiger partial charge in [-0.05, 0) is 32.4 Å². The molecule has 1 unspecified atom stereocenters. The zero-order chi connectivity index (χ0) is 9.68. The first-order valence-electron chi connectivity index (χ1n) is 5.09. The number of hydrogen-bond acceptors (Lipinski definition) is 3. The lowest BCUT2D eigenvalue weighted by Crippen LogP contribution is -2.39. The molecule has 3 heteroatoms. The third-order valence-corrected chi connectivity index (χ3v) is 2.61. The first kappa shape index (κ1) is 10.5. The molecule has 0 amide bonds. The van der Waals surface area contributed by atoms with Gasteiger partial charge in [-0.2, -0.15) is 5.26 Å². The van der Waals surface area contributed by atoms with E-state index in [1.54, 1.807) is 0 Å². The van der Waals surface area contributed by atoms with E-state index >= 15 is 0 Å². The van der Waals surface area contributed by atoms with Crippen molar-refractivity contribution in [2.24, 2.45) is 5.92 Å². The standard InChI is InChI=1S/C10H19N3/c1-3-13(7-9-4-5-9)8-10(6-11)12-2/h9-10,12H,3-5,7-8H2,1-2H3. The Hall–Kier alpha value is -0.590. The van der Waals surface area contributed by atoms with Crippen LogP contribution < -0.4 is 5.32 Å². The van der Waals surface area contributed by atoms with Crippen LogP contribution in [-0.2, 0) is 0 Å². The zero-order valence-corrected chi connectivity index (χ0v) is 8.58. The van der Waals surface area contributed by atoms with Gasteiger partial charge in [-0.1, -0.05) is 6.92 Å². The maximum atomic E-state index is 8.78. The summed E-state index contributed by atoms with van der Waals surface area (Å²) in [7, 11) is 1.85. The van der Waals surface area contributed by atoms with Gasteiger partial charge in [0.1, 0.15) is 6.04 Å². The maximum absolute atomic E-state index is 8.78. The normalized spacial score (nSPS) is 18.6. The van der Waals surface area contributed by atoms with Gasteiger partial charge in [0.25, 0.3) is 0 Å². The van der Waals surface area contributed by atoms with Crippen molar-refractivity contribution >= 4 is 0 Å². The van der Waals surface area contributed by atoms with Crippen molar-refractivity contribution in [2.45, 2.75) is 25.8 Å². The van der Waals surface area contributed by atoms with Crippen LogP contribution in [0.2, 0.25) is 0 Å². The lowest BCUT2D eigenvalue weighted by molar-refractivity contribution is 0.263. The quantitative estimate of drug-likeness (QED) is 0.659. The van der Waals surface area contributed by atoms with Crippen LogP contribution in [0.3, 0.4) is 0 Å². The van der Waals surface area contributed by atoms with Gasteiger partial charge >= 0.3 is 0 Å². The Kier molecular flexibility index (Phi) is 4.20. The first-order valence-corrected chi connectivity index (χ1v) is 5.09. The molecule has 0 bridgehead atoms. The van der Waals surface area contributed by atoms with Gasteiger partial charge in [0.05, 0.1) is 6.07 Å². The van der Waals surface area contributed by atoms with Gasteiger partial charge < -0.3 is 10.2 Å². The van der Waals surface area contributed by atoms with E-state index in [-0.39, 0.29) is 6.04 Å². The van der Waals surface area contributed by atoms with Crippen molar-refractivity contribution < 1.29 is 0 Å². The molecule has 1 fully saturated rings. The molecule has 13 heavy (non-hydrogen) atoms. The van der Waals surface area contributed by atoms with Crippen molar-refractivity contribution in [1.82, 2.24) is 10.2 Å². The van der Waals surface area contributed by atoms with Gasteiger partial charge in [0, 0.05) is 13.1 Å². The fourth-order valence-corrected chi connectivity index (χ4v) is 1.45. The van der Waals surface area contributed by atoms with Crippen LogP contribution in [-0.4, -0.2) is 37.6 Å². The second-order valence-corrected chi connectivity index (χ2v) is 3.77. The molecule has 1 N–H and O–H groups in total. The summed E-state index contributed by atoms with van der Waals surface area (Å²) in [5.74, 6) is 0.913. The van der Waals surface area contributed by atoms with Gasteiger partial charge in [-0.25, -0.2) is 0 Å². The first-order chi connectivity index (χ1) is 6.30. The number of nitrogens with zero attached hydrogens (tertiary/aromatic N) is 2. The van der Waals surface area contributed by atoms with Crippen LogP contribution in [0.25, 0.3) is 0 Å². The third-order valence-electron chi connectivity index (χ3n) is 2.61. The highest BCUT2D eigenvalue weighted by molar-refractivity contribution is 4.91. The van der Waals surface area contributed by atoms with Crippen molar-refractivity contribution in [2.75, 3.05) is 26.7 Å². The smallest absolute Gasteiger partial charge is 0.108 e. The Balaban J connectivity index is 2.24. The largest absolute Gasteiger partial charge is 0.304 e. The zero-order valence-electron chi connectivity index (χ0n) is 8.58. The van der Waals surface area contributed by atoms with E-state index in [9.17, 15) is 0 Å². The molecule has 74 valence electrons. The predicted octanol–water partition coefficient (Wildman–Crippen LogP) is 0.830. The van der Waals surface area contributed by atoms with E-state index in [1.165, 1.54) is 19.4 Å². The highest BCUT2D eigenvalue weighted by atomic mass is 15.1. The van der Waals surface area contributed by atoms with Crippen LogP contribution in [0, 0.1) is 17.2 Å². The Morgan fingerprint density at radius 2 is 2.31 bits per heavy atom. The summed E-state index contributed by atoms with van der Waals surface area (Å²) in [6, 6.07) is 2.24. The second kappa shape index (κ2) is 5.21. The van der Waals surface area contributed by atoms with Crippen LogP contribution >= 0.6 is 0 Å². The van der Waals surface area contributed by atoms with Crippen LogP contribution in [0.4, 0.5) is 0 Å². The Labute approximate surface area is 80.7 Å². The van der Waals surface area contributed by atoms with Gasteiger partial charge in [-0.3, -0.25) is 0 Å². The summed E-state index contributed by atoms with van der Waals surface area (Å²) in [5, 5.41) is 11.8. The molecule has 3 nitrogen and oxygen atoms in total. The van der Waals surface area contributed by atoms with Crippen molar-refractivity contribution in [3.05, 3.63) is 0 Å². The highest BCUT2D eigenvalue weighted by Gasteiger charge is 2.24. The summed E-state index contributed by atoms with van der Waals surface area (Å²) in [6.45, 7) is 5.25. The molecule has 1 saturated carbocycles. The molecular formula is C10H19N3. The van der Waals surface area contributed by atoms with E-state index in [0.29, 0.717) is 0 Å². The molecule has 0 aromatic heterocycles. The fraction of sp³-hybridized carbons (Fsp3) is 0.900. The van der Waals surface area contributed by atoms with Crippen molar-refractivity contribution in [3.63, 3.8) is 0 Å². The summed E-state index contributed by atoms with van der Waals surface area (Å²) >= 11 is 0. The highest BCUT2D eigenvalue weighted by Crippen LogP contribution is 2.29. The molecule has 1 aliphatic rings. The molecule has 0 radical (unpaired) electrons. The van der Waals surface area contributed by atoms with E-state index in [2.05, 4.69) is 23.2 Å². The number of nitriles is 1. The van der Waals surface area contributed by atoms with Gasteiger partial charge in [0.15, 0.2) is 0 Å². The molecule has 0 spiro atoms. The van der Waals surface area contributed by atoms with E-state index in [4.69, 9.17) is 5.26 Å². The SMILES string of the molecule is CCN(CC1CC1)CC(C#N)NC. The molecule has 0 heterocycles. The number of likely N-dealkylation sites (N-methyl/N-ethyl adjacent to an activating group) is 2. The summed E-state index contributed by atoms with van der Waals surface area (Å²) < 4.78 is 0. The fourth-order valence-electron chi connectivity index (χ4n) is 1.45. The molecule has 1 atom stereocenters. The van der Waals surface area contributed by atoms with Crippen molar-refractivity contribution in [1.29, 1.82) is 5.26 Å². The molecule has 1 rings (SSSR count). The molecule has 0 aromatic carbocycles. The van der Waals surface area contributed by atoms with E-state index < -0.39 is 0 Å². The molecule has 1 aliphatic carbocycles. The summed E-state index contributed by atoms with van der Waals surface area (Å²) in [6.07, 6.45) is 2.76. The van der Waals surface area contributed by atoms with Crippen molar-refractivity contribution in [3.8, 4) is 6.07 Å². The van der Waals surface area contributed by atoms with Crippen LogP contribution in [0.1, 0.15) is 19.8 Å². The Morgan fingerprint density at radius 1 is 1.62 bits per heavy atom. The molecule has 0 aliphatic heterocycles. The molecule has 0 aromatic rings. The minimum absolute atomic E-state index is 0.0151. The van der Waals surface area contributed by atoms with Gasteiger partial charge in [0.2, 0.25) is 0 Å². The Morgan fingerprint density at radius 3 is 2.69 bits per heavy atom. The number of nitrogens with one attached hydrogen (secondary N) is 1. The molecular weight excluding hydrogens is 162 g/mol. The Bertz CT molecular complexity index is 181. The minimum atomic E-state index is -0.0151. The van der Waals surface area contributed by atoms with E-state index in [1.807, 2.05) is 7.05 Å². The maximum Gasteiger partial charge on any atom is 0.108 e. The van der Waals surface area contributed by atoms with Crippen LogP contribution in [0.5, 0.6) is 0 Å². The predicted molar refractivity (Wildman–Crippen MR) is 53.3 cm³/mol. The molecule has 0 saturated heterocycles. The number of rotatable bonds is 6. The summed E-state index contributed by atoms with van der Waals surface area (Å²) in [5.41, 5.74) is 0. The lowest BCUT2D eigenvalue weighted by atomic mass is 10.2. The average molecular weight is 181 g/mol. The van der Waals surface area contributed by atoms with E-state index in [0.717, 1.165) is 19.0 Å². The average Bonchev–Trinajstić information content (AvgIpc) is 2.95. The van der Waals surface area contributed by atoms with Gasteiger partial charge in [-0.15, -0.1) is 0 Å². The topological polar surface area (TPSA) is 39.1 Å². The number of hydrogen-bond donors (Lipinski definition) is 1. The van der Waals surface area contributed by atoms with Crippen LogP contribution in [0.15, 0.2) is 0 Å².